The number of aliphatic hydroxyl groups excluding tert-OH is 1. The highest BCUT2D eigenvalue weighted by Crippen LogP contribution is 2.29. The van der Waals surface area contributed by atoms with Crippen molar-refractivity contribution in [2.45, 2.75) is 46.6 Å². The summed E-state index contributed by atoms with van der Waals surface area (Å²) in [6, 6.07) is 6.39. The van der Waals surface area contributed by atoms with E-state index in [9.17, 15) is 9.50 Å². The highest BCUT2D eigenvalue weighted by molar-refractivity contribution is 5.79. The number of rotatable bonds is 9. The van der Waals surface area contributed by atoms with Gasteiger partial charge in [-0.3, -0.25) is 0 Å². The van der Waals surface area contributed by atoms with Gasteiger partial charge in [-0.1, -0.05) is 26.0 Å². The molecule has 0 saturated carbocycles. The van der Waals surface area contributed by atoms with E-state index in [2.05, 4.69) is 29.5 Å². The number of halogens is 1. The normalized spacial score (nSPS) is 12.3. The third-order valence-corrected chi connectivity index (χ3v) is 4.45. The molecule has 1 aromatic carbocycles. The molecule has 1 rings (SSSR count). The Labute approximate surface area is 139 Å². The molecule has 0 spiro atoms. The van der Waals surface area contributed by atoms with Crippen LogP contribution in [0.5, 0.6) is 0 Å². The number of hydrogen-bond donors (Lipinski definition) is 3. The number of guanidine groups is 1. The lowest BCUT2D eigenvalue weighted by Gasteiger charge is -2.32. The van der Waals surface area contributed by atoms with Crippen LogP contribution in [-0.2, 0) is 6.54 Å². The van der Waals surface area contributed by atoms with Gasteiger partial charge in [0.05, 0.1) is 6.54 Å². The summed E-state index contributed by atoms with van der Waals surface area (Å²) in [5.74, 6) is 0.517. The summed E-state index contributed by atoms with van der Waals surface area (Å²) >= 11 is 0. The molecule has 1 aromatic rings. The first-order valence-corrected chi connectivity index (χ1v) is 8.46. The lowest BCUT2D eigenvalue weighted by molar-refractivity contribution is 0.169. The second-order valence-electron chi connectivity index (χ2n) is 5.86. The topological polar surface area (TPSA) is 56.7 Å². The average molecular weight is 323 g/mol. The number of aliphatic imine (C=N–C) groups is 1. The van der Waals surface area contributed by atoms with Gasteiger partial charge < -0.3 is 15.7 Å². The van der Waals surface area contributed by atoms with Crippen LogP contribution in [0.1, 0.15) is 45.6 Å². The van der Waals surface area contributed by atoms with E-state index in [0.717, 1.165) is 43.9 Å². The second-order valence-corrected chi connectivity index (χ2v) is 5.86. The van der Waals surface area contributed by atoms with Gasteiger partial charge in [-0.2, -0.15) is 0 Å². The summed E-state index contributed by atoms with van der Waals surface area (Å²) in [6.45, 7) is 8.59. The van der Waals surface area contributed by atoms with E-state index >= 15 is 0 Å². The largest absolute Gasteiger partial charge is 0.396 e. The molecule has 130 valence electrons. The fraction of sp³-hybridized carbons (Fsp3) is 0.611. The van der Waals surface area contributed by atoms with Crippen LogP contribution < -0.4 is 10.6 Å². The number of aliphatic hydroxyl groups is 1. The summed E-state index contributed by atoms with van der Waals surface area (Å²) in [7, 11) is 0. The molecule has 0 radical (unpaired) electrons. The van der Waals surface area contributed by atoms with Crippen LogP contribution in [-0.4, -0.2) is 30.8 Å². The van der Waals surface area contributed by atoms with Crippen molar-refractivity contribution in [2.75, 3.05) is 19.7 Å². The SMILES string of the molecule is CCNC(=NCc1ccc(F)cc1)NCC(CC)(CC)CCO. The van der Waals surface area contributed by atoms with Gasteiger partial charge in [0.25, 0.3) is 0 Å². The van der Waals surface area contributed by atoms with Gasteiger partial charge in [-0.05, 0) is 49.3 Å². The van der Waals surface area contributed by atoms with Gasteiger partial charge in [0.15, 0.2) is 5.96 Å². The molecule has 0 aliphatic heterocycles. The molecule has 5 heteroatoms. The van der Waals surface area contributed by atoms with E-state index in [0.29, 0.717) is 6.54 Å². The fourth-order valence-electron chi connectivity index (χ4n) is 2.55. The molecule has 4 nitrogen and oxygen atoms in total. The quantitative estimate of drug-likeness (QED) is 0.483. The van der Waals surface area contributed by atoms with E-state index in [4.69, 9.17) is 0 Å². The number of nitrogens with one attached hydrogen (secondary N) is 2. The first-order chi connectivity index (χ1) is 11.1. The van der Waals surface area contributed by atoms with Gasteiger partial charge in [-0.25, -0.2) is 9.38 Å². The second kappa shape index (κ2) is 10.2. The minimum absolute atomic E-state index is 0.0841. The van der Waals surface area contributed by atoms with Gasteiger partial charge in [0.1, 0.15) is 5.82 Å². The van der Waals surface area contributed by atoms with Crippen LogP contribution in [0, 0.1) is 11.2 Å². The Balaban J connectivity index is 2.69. The number of nitrogens with zero attached hydrogens (tertiary/aromatic N) is 1. The Kier molecular flexibility index (Phi) is 8.62. The van der Waals surface area contributed by atoms with Crippen LogP contribution >= 0.6 is 0 Å². The molecule has 0 fully saturated rings. The minimum Gasteiger partial charge on any atom is -0.396 e. The molecule has 0 saturated heterocycles. The molecule has 0 bridgehead atoms. The van der Waals surface area contributed by atoms with Crippen molar-refractivity contribution in [3.63, 3.8) is 0 Å². The Morgan fingerprint density at radius 2 is 1.78 bits per heavy atom. The zero-order chi connectivity index (χ0) is 17.1. The highest BCUT2D eigenvalue weighted by atomic mass is 19.1. The van der Waals surface area contributed by atoms with Crippen LogP contribution in [0.4, 0.5) is 4.39 Å². The molecule has 3 N–H and O–H groups in total. The van der Waals surface area contributed by atoms with E-state index in [1.807, 2.05) is 6.92 Å². The Morgan fingerprint density at radius 3 is 2.30 bits per heavy atom. The summed E-state index contributed by atoms with van der Waals surface area (Å²) < 4.78 is 12.9. The van der Waals surface area contributed by atoms with Crippen LogP contribution in [0.2, 0.25) is 0 Å². The van der Waals surface area contributed by atoms with Gasteiger partial charge in [-0.15, -0.1) is 0 Å². The highest BCUT2D eigenvalue weighted by Gasteiger charge is 2.25. The van der Waals surface area contributed by atoms with Crippen LogP contribution in [0.25, 0.3) is 0 Å². The molecule has 23 heavy (non-hydrogen) atoms. The monoisotopic (exact) mass is 323 g/mol. The maximum atomic E-state index is 12.9. The summed E-state index contributed by atoms with van der Waals surface area (Å²) in [4.78, 5) is 4.55. The third kappa shape index (κ3) is 6.57. The van der Waals surface area contributed by atoms with Gasteiger partial charge in [0.2, 0.25) is 0 Å². The molecule has 0 aliphatic carbocycles. The molecule has 0 atom stereocenters. The van der Waals surface area contributed by atoms with Crippen molar-refractivity contribution in [2.24, 2.45) is 10.4 Å². The lowest BCUT2D eigenvalue weighted by atomic mass is 9.79. The summed E-state index contributed by atoms with van der Waals surface area (Å²) in [5.41, 5.74) is 1.05. The van der Waals surface area contributed by atoms with E-state index in [1.165, 1.54) is 12.1 Å². The Bertz CT molecular complexity index is 470. The number of hydrogen-bond acceptors (Lipinski definition) is 2. The molecule has 0 unspecified atom stereocenters. The smallest absolute Gasteiger partial charge is 0.191 e. The predicted octanol–water partition coefficient (Wildman–Crippen LogP) is 3.07. The van der Waals surface area contributed by atoms with Crippen molar-refractivity contribution < 1.29 is 9.50 Å². The fourth-order valence-corrected chi connectivity index (χ4v) is 2.55. The third-order valence-electron chi connectivity index (χ3n) is 4.45. The van der Waals surface area contributed by atoms with Gasteiger partial charge in [0, 0.05) is 19.7 Å². The van der Waals surface area contributed by atoms with Crippen molar-refractivity contribution in [3.05, 3.63) is 35.6 Å². The first-order valence-electron chi connectivity index (χ1n) is 8.46. The Hall–Kier alpha value is -1.62. The van der Waals surface area contributed by atoms with Crippen molar-refractivity contribution in [3.8, 4) is 0 Å². The first kappa shape index (κ1) is 19.4. The van der Waals surface area contributed by atoms with Crippen molar-refractivity contribution in [1.82, 2.24) is 10.6 Å². The molecule has 0 aliphatic rings. The summed E-state index contributed by atoms with van der Waals surface area (Å²) in [5, 5.41) is 15.9. The molecule has 0 heterocycles. The molecule has 0 amide bonds. The maximum absolute atomic E-state index is 12.9. The zero-order valence-electron chi connectivity index (χ0n) is 14.5. The number of benzene rings is 1. The van der Waals surface area contributed by atoms with Crippen molar-refractivity contribution >= 4 is 5.96 Å². The van der Waals surface area contributed by atoms with Crippen molar-refractivity contribution in [1.29, 1.82) is 0 Å². The Morgan fingerprint density at radius 1 is 1.13 bits per heavy atom. The molecular formula is C18H30FN3O. The molecule has 0 aromatic heterocycles. The van der Waals surface area contributed by atoms with E-state index < -0.39 is 0 Å². The van der Waals surface area contributed by atoms with E-state index in [1.54, 1.807) is 12.1 Å². The standard InChI is InChI=1S/C18H30FN3O/c1-4-18(5-2,11-12-23)14-22-17(20-6-3)21-13-15-7-9-16(19)10-8-15/h7-10,23H,4-6,11-14H2,1-3H3,(H2,20,21,22). The van der Waals surface area contributed by atoms with Crippen LogP contribution in [0.3, 0.4) is 0 Å². The maximum Gasteiger partial charge on any atom is 0.191 e. The van der Waals surface area contributed by atoms with Gasteiger partial charge >= 0.3 is 0 Å². The molecular weight excluding hydrogens is 293 g/mol. The average Bonchev–Trinajstić information content (AvgIpc) is 2.57. The van der Waals surface area contributed by atoms with E-state index in [-0.39, 0.29) is 17.8 Å². The summed E-state index contributed by atoms with van der Waals surface area (Å²) in [6.07, 6.45) is 2.80. The zero-order valence-corrected chi connectivity index (χ0v) is 14.5. The predicted molar refractivity (Wildman–Crippen MR) is 93.9 cm³/mol. The van der Waals surface area contributed by atoms with Crippen LogP contribution in [0.15, 0.2) is 29.3 Å². The lowest BCUT2D eigenvalue weighted by Crippen LogP contribution is -2.43. The minimum atomic E-state index is -0.234.